The Balaban J connectivity index is 1.91. The summed E-state index contributed by atoms with van der Waals surface area (Å²) in [6.07, 6.45) is 4.20. The van der Waals surface area contributed by atoms with Gasteiger partial charge in [0, 0.05) is 16.1 Å². The number of pyridine rings is 1. The highest BCUT2D eigenvalue weighted by atomic mass is 79.9. The van der Waals surface area contributed by atoms with E-state index >= 15 is 0 Å². The summed E-state index contributed by atoms with van der Waals surface area (Å²) in [6.45, 7) is 2.33. The van der Waals surface area contributed by atoms with Gasteiger partial charge in [0.15, 0.2) is 0 Å². The van der Waals surface area contributed by atoms with Crippen molar-refractivity contribution >= 4 is 32.9 Å². The average Bonchev–Trinajstić information content (AvgIpc) is 3.00. The van der Waals surface area contributed by atoms with Gasteiger partial charge in [-0.1, -0.05) is 22.9 Å². The number of carbonyl (C=O) groups excluding carboxylic acids is 1. The number of hydrogen-bond donors (Lipinski definition) is 1. The number of hydrogen-bond acceptors (Lipinski definition) is 4. The van der Waals surface area contributed by atoms with Crippen molar-refractivity contribution in [3.8, 4) is 11.5 Å². The lowest BCUT2D eigenvalue weighted by Crippen LogP contribution is -2.07. The van der Waals surface area contributed by atoms with Crippen LogP contribution in [0.25, 0.3) is 11.0 Å². The fraction of sp³-hybridized carbons (Fsp3) is 0.176. The first kappa shape index (κ1) is 15.6. The van der Waals surface area contributed by atoms with Crippen LogP contribution in [0.2, 0.25) is 0 Å². The highest BCUT2D eigenvalue weighted by molar-refractivity contribution is 9.10. The number of ether oxygens (including phenoxy) is 2. The second kappa shape index (κ2) is 6.83. The molecule has 23 heavy (non-hydrogen) atoms. The first-order valence-corrected chi connectivity index (χ1v) is 8.04. The van der Waals surface area contributed by atoms with Gasteiger partial charge in [-0.05, 0) is 36.8 Å². The zero-order valence-electron chi connectivity index (χ0n) is 12.5. The van der Waals surface area contributed by atoms with Crippen LogP contribution in [-0.2, 0) is 4.74 Å². The summed E-state index contributed by atoms with van der Waals surface area (Å²) in [5.74, 6) is 0.585. The topological polar surface area (TPSA) is 64.2 Å². The quantitative estimate of drug-likeness (QED) is 0.658. The normalized spacial score (nSPS) is 10.7. The molecule has 0 spiro atoms. The summed E-state index contributed by atoms with van der Waals surface area (Å²) in [7, 11) is 0. The standard InChI is InChI=1S/C17H15BrN2O3/c1-2-7-22-17(21)14-4-3-12(18)9-15(14)23-13-8-11-5-6-19-16(11)20-10-13/h3-6,8-10H,2,7H2,1H3,(H,19,20). The van der Waals surface area contributed by atoms with E-state index in [1.807, 2.05) is 25.3 Å². The van der Waals surface area contributed by atoms with E-state index in [2.05, 4.69) is 25.9 Å². The molecule has 2 heterocycles. The lowest BCUT2D eigenvalue weighted by atomic mass is 10.2. The van der Waals surface area contributed by atoms with Crippen molar-refractivity contribution in [2.45, 2.75) is 13.3 Å². The number of H-pyrrole nitrogens is 1. The highest BCUT2D eigenvalue weighted by Crippen LogP contribution is 2.30. The van der Waals surface area contributed by atoms with E-state index in [-0.39, 0.29) is 0 Å². The van der Waals surface area contributed by atoms with Crippen LogP contribution in [0.5, 0.6) is 11.5 Å². The van der Waals surface area contributed by atoms with E-state index in [4.69, 9.17) is 9.47 Å². The molecule has 0 saturated heterocycles. The lowest BCUT2D eigenvalue weighted by molar-refractivity contribution is 0.0502. The fourth-order valence-corrected chi connectivity index (χ4v) is 2.46. The Labute approximate surface area is 141 Å². The van der Waals surface area contributed by atoms with Crippen LogP contribution in [0.4, 0.5) is 0 Å². The first-order valence-electron chi connectivity index (χ1n) is 7.25. The molecule has 0 fully saturated rings. The molecule has 6 heteroatoms. The molecular formula is C17H15BrN2O3. The predicted octanol–water partition coefficient (Wildman–Crippen LogP) is 4.68. The van der Waals surface area contributed by atoms with Crippen molar-refractivity contribution in [2.75, 3.05) is 6.61 Å². The van der Waals surface area contributed by atoms with Gasteiger partial charge in [-0.3, -0.25) is 0 Å². The molecular weight excluding hydrogens is 360 g/mol. The van der Waals surface area contributed by atoms with Crippen molar-refractivity contribution in [3.05, 3.63) is 52.8 Å². The fourth-order valence-electron chi connectivity index (χ4n) is 2.12. The summed E-state index contributed by atoms with van der Waals surface area (Å²) in [6, 6.07) is 8.97. The van der Waals surface area contributed by atoms with Crippen molar-refractivity contribution in [1.82, 2.24) is 9.97 Å². The molecule has 2 aromatic heterocycles. The van der Waals surface area contributed by atoms with Gasteiger partial charge in [0.05, 0.1) is 12.8 Å². The minimum Gasteiger partial charge on any atom is -0.462 e. The molecule has 3 rings (SSSR count). The first-order chi connectivity index (χ1) is 11.2. The Hall–Kier alpha value is -2.34. The van der Waals surface area contributed by atoms with E-state index in [1.165, 1.54) is 0 Å². The number of aromatic amines is 1. The number of nitrogens with zero attached hydrogens (tertiary/aromatic N) is 1. The molecule has 0 unspecified atom stereocenters. The summed E-state index contributed by atoms with van der Waals surface area (Å²) in [4.78, 5) is 19.5. The molecule has 3 aromatic rings. The van der Waals surface area contributed by atoms with E-state index in [1.54, 1.807) is 24.4 Å². The lowest BCUT2D eigenvalue weighted by Gasteiger charge is -2.11. The van der Waals surface area contributed by atoms with Crippen LogP contribution in [0.1, 0.15) is 23.7 Å². The number of fused-ring (bicyclic) bond motifs is 1. The van der Waals surface area contributed by atoms with Crippen LogP contribution < -0.4 is 4.74 Å². The van der Waals surface area contributed by atoms with E-state index in [0.717, 1.165) is 21.9 Å². The van der Waals surface area contributed by atoms with Gasteiger partial charge < -0.3 is 14.5 Å². The van der Waals surface area contributed by atoms with Crippen molar-refractivity contribution in [3.63, 3.8) is 0 Å². The number of benzene rings is 1. The van der Waals surface area contributed by atoms with Crippen LogP contribution in [0.3, 0.4) is 0 Å². The molecule has 1 N–H and O–H groups in total. The maximum Gasteiger partial charge on any atom is 0.341 e. The largest absolute Gasteiger partial charge is 0.462 e. The summed E-state index contributed by atoms with van der Waals surface area (Å²) in [5, 5.41) is 0.938. The van der Waals surface area contributed by atoms with Crippen LogP contribution >= 0.6 is 15.9 Å². The van der Waals surface area contributed by atoms with Crippen molar-refractivity contribution < 1.29 is 14.3 Å². The summed E-state index contributed by atoms with van der Waals surface area (Å²) in [5.41, 5.74) is 1.17. The number of esters is 1. The molecule has 0 saturated carbocycles. The van der Waals surface area contributed by atoms with Gasteiger partial charge in [0.2, 0.25) is 0 Å². The third-order valence-electron chi connectivity index (χ3n) is 3.20. The predicted molar refractivity (Wildman–Crippen MR) is 90.9 cm³/mol. The van der Waals surface area contributed by atoms with Crippen LogP contribution in [-0.4, -0.2) is 22.5 Å². The molecule has 118 valence electrons. The van der Waals surface area contributed by atoms with Crippen molar-refractivity contribution in [2.24, 2.45) is 0 Å². The van der Waals surface area contributed by atoms with Gasteiger partial charge >= 0.3 is 5.97 Å². The average molecular weight is 375 g/mol. The molecule has 0 aliphatic carbocycles. The zero-order valence-corrected chi connectivity index (χ0v) is 14.1. The number of halogens is 1. The van der Waals surface area contributed by atoms with Crippen LogP contribution in [0, 0.1) is 0 Å². The minimum atomic E-state index is -0.398. The Morgan fingerprint density at radius 2 is 2.17 bits per heavy atom. The van der Waals surface area contributed by atoms with Gasteiger partial charge in [-0.25, -0.2) is 9.78 Å². The molecule has 1 aromatic carbocycles. The minimum absolute atomic E-state index is 0.380. The number of rotatable bonds is 5. The smallest absolute Gasteiger partial charge is 0.341 e. The van der Waals surface area contributed by atoms with Crippen molar-refractivity contribution in [1.29, 1.82) is 0 Å². The van der Waals surface area contributed by atoms with Gasteiger partial charge in [0.1, 0.15) is 22.7 Å². The van der Waals surface area contributed by atoms with Gasteiger partial charge in [0.25, 0.3) is 0 Å². The van der Waals surface area contributed by atoms with Gasteiger partial charge in [-0.2, -0.15) is 0 Å². The molecule has 0 aliphatic rings. The molecule has 5 nitrogen and oxygen atoms in total. The third kappa shape index (κ3) is 3.53. The Morgan fingerprint density at radius 1 is 1.30 bits per heavy atom. The molecule has 0 aliphatic heterocycles. The molecule has 0 atom stereocenters. The molecule has 0 bridgehead atoms. The molecule has 0 radical (unpaired) electrons. The van der Waals surface area contributed by atoms with E-state index in [0.29, 0.717) is 23.7 Å². The number of nitrogens with one attached hydrogen (secondary N) is 1. The number of aromatic nitrogens is 2. The number of carbonyl (C=O) groups is 1. The van der Waals surface area contributed by atoms with Crippen LogP contribution in [0.15, 0.2) is 47.2 Å². The zero-order chi connectivity index (χ0) is 16.2. The second-order valence-corrected chi connectivity index (χ2v) is 5.88. The Bertz CT molecular complexity index is 845. The Morgan fingerprint density at radius 3 is 3.00 bits per heavy atom. The van der Waals surface area contributed by atoms with E-state index in [9.17, 15) is 4.79 Å². The second-order valence-electron chi connectivity index (χ2n) is 4.96. The summed E-state index contributed by atoms with van der Waals surface area (Å²) >= 11 is 3.39. The maximum atomic E-state index is 12.2. The highest BCUT2D eigenvalue weighted by Gasteiger charge is 2.15. The third-order valence-corrected chi connectivity index (χ3v) is 3.70. The van der Waals surface area contributed by atoms with Gasteiger partial charge in [-0.15, -0.1) is 0 Å². The monoisotopic (exact) mass is 374 g/mol. The SMILES string of the molecule is CCCOC(=O)c1ccc(Br)cc1Oc1cnc2[nH]ccc2c1. The maximum absolute atomic E-state index is 12.2. The summed E-state index contributed by atoms with van der Waals surface area (Å²) < 4.78 is 11.9. The molecule has 0 amide bonds. The van der Waals surface area contributed by atoms with E-state index < -0.39 is 5.97 Å². The Kier molecular flexibility index (Phi) is 4.62.